The second-order valence-electron chi connectivity index (χ2n) is 6.72. The zero-order chi connectivity index (χ0) is 22.9. The molecule has 4 rings (SSSR count). The Hall–Kier alpha value is -3.76. The molecule has 0 aliphatic heterocycles. The molecule has 0 atom stereocenters. The highest BCUT2D eigenvalue weighted by atomic mass is 19.4. The topological polar surface area (TPSA) is 56.5 Å². The van der Waals surface area contributed by atoms with E-state index in [1.165, 1.54) is 23.3 Å². The summed E-state index contributed by atoms with van der Waals surface area (Å²) in [7, 11) is 0. The normalized spacial score (nSPS) is 12.2. The number of hydrogen-bond donors (Lipinski definition) is 0. The molecule has 3 heterocycles. The maximum absolute atomic E-state index is 13.2. The highest BCUT2D eigenvalue weighted by Gasteiger charge is 2.37. The molecule has 32 heavy (non-hydrogen) atoms. The number of aromatic nitrogens is 5. The molecule has 0 saturated carbocycles. The van der Waals surface area contributed by atoms with Crippen LogP contribution in [0.2, 0.25) is 0 Å². The highest BCUT2D eigenvalue weighted by molar-refractivity contribution is 5.75. The van der Waals surface area contributed by atoms with Crippen molar-refractivity contribution in [1.82, 2.24) is 25.0 Å². The molecule has 0 aliphatic carbocycles. The van der Waals surface area contributed by atoms with Crippen molar-refractivity contribution in [2.24, 2.45) is 0 Å². The lowest BCUT2D eigenvalue weighted by atomic mass is 10.0. The summed E-state index contributed by atoms with van der Waals surface area (Å²) in [5.41, 5.74) is -1.51. The van der Waals surface area contributed by atoms with E-state index >= 15 is 0 Å². The SMILES string of the molecule is FC(F)(F)c1cc(Cn2nnc(-c3[c]cccn3)c2-c2ccncc2)cc(C(F)(F)F)c1. The van der Waals surface area contributed by atoms with Gasteiger partial charge in [-0.2, -0.15) is 26.3 Å². The van der Waals surface area contributed by atoms with E-state index in [2.05, 4.69) is 26.3 Å². The average Bonchev–Trinajstić information content (AvgIpc) is 3.17. The third-order valence-electron chi connectivity index (χ3n) is 4.50. The average molecular weight is 448 g/mol. The van der Waals surface area contributed by atoms with Crippen LogP contribution in [0.3, 0.4) is 0 Å². The van der Waals surface area contributed by atoms with E-state index < -0.39 is 23.5 Å². The Kier molecular flexibility index (Phi) is 5.41. The molecule has 0 N–H and O–H groups in total. The summed E-state index contributed by atoms with van der Waals surface area (Å²) < 4.78 is 80.6. The molecule has 4 aromatic rings. The van der Waals surface area contributed by atoms with Crippen LogP contribution in [0.25, 0.3) is 22.6 Å². The van der Waals surface area contributed by atoms with Gasteiger partial charge in [0.25, 0.3) is 0 Å². The van der Waals surface area contributed by atoms with Crippen LogP contribution < -0.4 is 0 Å². The molecule has 1 aromatic carbocycles. The van der Waals surface area contributed by atoms with E-state index in [9.17, 15) is 26.3 Å². The van der Waals surface area contributed by atoms with E-state index in [0.29, 0.717) is 29.1 Å². The van der Waals surface area contributed by atoms with Crippen LogP contribution in [0.5, 0.6) is 0 Å². The van der Waals surface area contributed by atoms with Crippen LogP contribution in [0, 0.1) is 6.07 Å². The summed E-state index contributed by atoms with van der Waals surface area (Å²) in [6, 6.07) is 10.8. The molecule has 1 radical (unpaired) electrons. The van der Waals surface area contributed by atoms with Gasteiger partial charge in [-0.25, -0.2) is 4.68 Å². The van der Waals surface area contributed by atoms with Gasteiger partial charge in [0, 0.05) is 30.2 Å². The van der Waals surface area contributed by atoms with Crippen LogP contribution in [-0.4, -0.2) is 25.0 Å². The predicted molar refractivity (Wildman–Crippen MR) is 101 cm³/mol. The first-order valence-corrected chi connectivity index (χ1v) is 9.08. The highest BCUT2D eigenvalue weighted by Crippen LogP contribution is 2.37. The number of rotatable bonds is 4. The maximum Gasteiger partial charge on any atom is 0.416 e. The quantitative estimate of drug-likeness (QED) is 0.398. The summed E-state index contributed by atoms with van der Waals surface area (Å²) in [4.78, 5) is 8.09. The molecule has 0 saturated heterocycles. The van der Waals surface area contributed by atoms with Crippen LogP contribution >= 0.6 is 0 Å². The van der Waals surface area contributed by atoms with Gasteiger partial charge in [-0.15, -0.1) is 5.10 Å². The van der Waals surface area contributed by atoms with Crippen LogP contribution in [0.15, 0.2) is 61.1 Å². The van der Waals surface area contributed by atoms with Gasteiger partial charge in [0.05, 0.1) is 23.4 Å². The minimum Gasteiger partial charge on any atom is -0.265 e. The smallest absolute Gasteiger partial charge is 0.265 e. The zero-order valence-corrected chi connectivity index (χ0v) is 16.0. The number of hydrogen-bond acceptors (Lipinski definition) is 4. The Balaban J connectivity index is 1.85. The first kappa shape index (κ1) is 21.5. The van der Waals surface area contributed by atoms with E-state index in [1.54, 1.807) is 24.3 Å². The number of pyridine rings is 2. The summed E-state index contributed by atoms with van der Waals surface area (Å²) in [6.45, 7) is -0.384. The van der Waals surface area contributed by atoms with Gasteiger partial charge in [-0.3, -0.25) is 9.97 Å². The van der Waals surface area contributed by atoms with Crippen LogP contribution in [-0.2, 0) is 18.9 Å². The molecule has 3 aromatic heterocycles. The van der Waals surface area contributed by atoms with Gasteiger partial charge in [0.1, 0.15) is 11.4 Å². The third kappa shape index (κ3) is 4.46. The Bertz CT molecular complexity index is 1180. The lowest BCUT2D eigenvalue weighted by Crippen LogP contribution is -2.13. The fraction of sp³-hybridized carbons (Fsp3) is 0.143. The van der Waals surface area contributed by atoms with E-state index in [-0.39, 0.29) is 23.9 Å². The molecule has 163 valence electrons. The second-order valence-corrected chi connectivity index (χ2v) is 6.72. The Morgan fingerprint density at radius 1 is 0.875 bits per heavy atom. The number of nitrogens with zero attached hydrogens (tertiary/aromatic N) is 5. The third-order valence-corrected chi connectivity index (χ3v) is 4.50. The van der Waals surface area contributed by atoms with Crippen LogP contribution in [0.4, 0.5) is 26.3 Å². The van der Waals surface area contributed by atoms with Crippen molar-refractivity contribution in [2.45, 2.75) is 18.9 Å². The molecular weight excluding hydrogens is 436 g/mol. The van der Waals surface area contributed by atoms with Crippen molar-refractivity contribution < 1.29 is 26.3 Å². The Morgan fingerprint density at radius 2 is 1.53 bits per heavy atom. The van der Waals surface area contributed by atoms with Crippen molar-refractivity contribution in [3.05, 3.63) is 83.8 Å². The fourth-order valence-corrected chi connectivity index (χ4v) is 3.12. The van der Waals surface area contributed by atoms with Crippen molar-refractivity contribution in [1.29, 1.82) is 0 Å². The van der Waals surface area contributed by atoms with Crippen molar-refractivity contribution >= 4 is 0 Å². The first-order chi connectivity index (χ1) is 15.1. The Labute approximate surface area is 177 Å². The summed E-state index contributed by atoms with van der Waals surface area (Å²) in [5, 5.41) is 8.03. The lowest BCUT2D eigenvalue weighted by Gasteiger charge is -2.15. The molecule has 11 heteroatoms. The molecule has 0 unspecified atom stereocenters. The zero-order valence-electron chi connectivity index (χ0n) is 16.0. The molecular formula is C21H12F6N5. The van der Waals surface area contributed by atoms with E-state index in [0.717, 1.165) is 0 Å². The maximum atomic E-state index is 13.2. The van der Waals surface area contributed by atoms with Crippen molar-refractivity contribution in [3.63, 3.8) is 0 Å². The van der Waals surface area contributed by atoms with Gasteiger partial charge in [0.15, 0.2) is 0 Å². The standard InChI is InChI=1S/C21H12F6N5/c22-20(23,24)15-9-13(10-16(11-15)21(25,26)27)12-32-19(14-4-7-28-8-5-14)18(30-31-32)17-3-1-2-6-29-17/h1-2,4-11H,12H2. The molecule has 0 amide bonds. The monoisotopic (exact) mass is 448 g/mol. The molecule has 0 aliphatic rings. The molecule has 5 nitrogen and oxygen atoms in total. The molecule has 0 fully saturated rings. The van der Waals surface area contributed by atoms with Gasteiger partial charge in [0.2, 0.25) is 0 Å². The van der Waals surface area contributed by atoms with E-state index in [1.807, 2.05) is 0 Å². The number of halogens is 6. The lowest BCUT2D eigenvalue weighted by molar-refractivity contribution is -0.143. The molecule has 0 bridgehead atoms. The van der Waals surface area contributed by atoms with Gasteiger partial charge < -0.3 is 0 Å². The predicted octanol–water partition coefficient (Wildman–Crippen LogP) is 5.29. The van der Waals surface area contributed by atoms with Gasteiger partial charge >= 0.3 is 12.4 Å². The first-order valence-electron chi connectivity index (χ1n) is 9.08. The number of benzene rings is 1. The van der Waals surface area contributed by atoms with E-state index in [4.69, 9.17) is 0 Å². The van der Waals surface area contributed by atoms with Crippen LogP contribution in [0.1, 0.15) is 16.7 Å². The van der Waals surface area contributed by atoms with Gasteiger partial charge in [-0.05, 0) is 42.0 Å². The second kappa shape index (κ2) is 8.06. The minimum atomic E-state index is -4.94. The number of alkyl halides is 6. The molecule has 0 spiro atoms. The summed E-state index contributed by atoms with van der Waals surface area (Å²) in [5.74, 6) is 0. The van der Waals surface area contributed by atoms with Gasteiger partial charge in [-0.1, -0.05) is 11.3 Å². The fourth-order valence-electron chi connectivity index (χ4n) is 3.12. The summed E-state index contributed by atoms with van der Waals surface area (Å²) in [6.07, 6.45) is -5.40. The largest absolute Gasteiger partial charge is 0.416 e. The van der Waals surface area contributed by atoms with Crippen molar-refractivity contribution in [3.8, 4) is 22.6 Å². The summed E-state index contributed by atoms with van der Waals surface area (Å²) >= 11 is 0. The van der Waals surface area contributed by atoms with Crippen molar-refractivity contribution in [2.75, 3.05) is 0 Å². The minimum absolute atomic E-state index is 0.0862. The Morgan fingerprint density at radius 3 is 2.09 bits per heavy atom.